The Morgan fingerprint density at radius 1 is 1.10 bits per heavy atom. The second kappa shape index (κ2) is 11.5. The molecule has 1 aliphatic carbocycles. The molecule has 1 aliphatic rings. The molecule has 0 radical (unpaired) electrons. The molecule has 2 aromatic rings. The van der Waals surface area contributed by atoms with Gasteiger partial charge in [0.15, 0.2) is 6.61 Å². The molecule has 2 aromatic carbocycles. The fourth-order valence-electron chi connectivity index (χ4n) is 3.88. The van der Waals surface area contributed by atoms with Crippen LogP contribution in [-0.4, -0.2) is 35.4 Å². The first-order valence-electron chi connectivity index (χ1n) is 11.0. The van der Waals surface area contributed by atoms with Gasteiger partial charge in [0.05, 0.1) is 0 Å². The van der Waals surface area contributed by atoms with Crippen LogP contribution in [0.3, 0.4) is 0 Å². The van der Waals surface area contributed by atoms with Gasteiger partial charge in [-0.15, -0.1) is 0 Å². The van der Waals surface area contributed by atoms with Crippen LogP contribution >= 0.6 is 22.6 Å². The van der Waals surface area contributed by atoms with E-state index in [4.69, 9.17) is 4.74 Å². The molecule has 1 N–H and O–H groups in total. The Morgan fingerprint density at radius 3 is 2.45 bits per heavy atom. The van der Waals surface area contributed by atoms with Gasteiger partial charge in [-0.05, 0) is 84.7 Å². The molecule has 0 heterocycles. The van der Waals surface area contributed by atoms with Crippen LogP contribution < -0.4 is 10.1 Å². The van der Waals surface area contributed by atoms with Crippen LogP contribution in [0.2, 0.25) is 0 Å². The minimum Gasteiger partial charge on any atom is -0.484 e. The van der Waals surface area contributed by atoms with Gasteiger partial charge in [-0.3, -0.25) is 9.59 Å². The van der Waals surface area contributed by atoms with Gasteiger partial charge >= 0.3 is 0 Å². The van der Waals surface area contributed by atoms with Gasteiger partial charge < -0.3 is 15.0 Å². The highest BCUT2D eigenvalue weighted by molar-refractivity contribution is 14.1. The van der Waals surface area contributed by atoms with E-state index < -0.39 is 6.04 Å². The van der Waals surface area contributed by atoms with E-state index in [2.05, 4.69) is 27.9 Å². The number of ether oxygens (including phenoxy) is 1. The minimum atomic E-state index is -0.575. The summed E-state index contributed by atoms with van der Waals surface area (Å²) < 4.78 is 6.83. The molecule has 166 valence electrons. The van der Waals surface area contributed by atoms with Crippen LogP contribution in [0, 0.1) is 10.5 Å². The number of nitrogens with one attached hydrogen (secondary N) is 1. The summed E-state index contributed by atoms with van der Waals surface area (Å²) in [4.78, 5) is 27.8. The predicted molar refractivity (Wildman–Crippen MR) is 131 cm³/mol. The highest BCUT2D eigenvalue weighted by atomic mass is 127. The van der Waals surface area contributed by atoms with E-state index in [0.29, 0.717) is 12.3 Å². The molecule has 0 saturated heterocycles. The molecule has 31 heavy (non-hydrogen) atoms. The molecule has 5 nitrogen and oxygen atoms in total. The Hall–Kier alpha value is -2.09. The maximum absolute atomic E-state index is 13.2. The van der Waals surface area contributed by atoms with E-state index in [1.807, 2.05) is 55.5 Å². The van der Waals surface area contributed by atoms with Crippen molar-refractivity contribution in [1.29, 1.82) is 0 Å². The minimum absolute atomic E-state index is 0.0944. The van der Waals surface area contributed by atoms with Crippen molar-refractivity contribution < 1.29 is 14.3 Å². The normalized spacial score (nSPS) is 15.2. The highest BCUT2D eigenvalue weighted by Crippen LogP contribution is 2.19. The van der Waals surface area contributed by atoms with E-state index in [0.717, 1.165) is 40.4 Å². The molecule has 1 saturated carbocycles. The average Bonchev–Trinajstić information content (AvgIpc) is 2.78. The summed E-state index contributed by atoms with van der Waals surface area (Å²) in [5.74, 6) is 0.347. The fraction of sp³-hybridized carbons (Fsp3) is 0.440. The standard InChI is InChI=1S/C25H31IN2O3/c1-18-8-6-7-9-20(18)16-28(19(2)25(30)27-22-10-4-3-5-11-22)24(29)17-31-23-14-12-21(26)13-15-23/h6-9,12-15,19,22H,3-5,10-11,16-17H2,1-2H3,(H,27,30). The van der Waals surface area contributed by atoms with Crippen LogP contribution in [0.15, 0.2) is 48.5 Å². The largest absolute Gasteiger partial charge is 0.484 e. The van der Waals surface area contributed by atoms with Crippen LogP contribution in [0.5, 0.6) is 5.75 Å². The lowest BCUT2D eigenvalue weighted by atomic mass is 9.95. The van der Waals surface area contributed by atoms with Gasteiger partial charge in [0, 0.05) is 16.2 Å². The number of hydrogen-bond donors (Lipinski definition) is 1. The van der Waals surface area contributed by atoms with Gasteiger partial charge in [0.25, 0.3) is 5.91 Å². The molecule has 0 aromatic heterocycles. The van der Waals surface area contributed by atoms with Gasteiger partial charge in [0.1, 0.15) is 11.8 Å². The van der Waals surface area contributed by atoms with Gasteiger partial charge in [-0.2, -0.15) is 0 Å². The van der Waals surface area contributed by atoms with Crippen molar-refractivity contribution in [2.75, 3.05) is 6.61 Å². The van der Waals surface area contributed by atoms with E-state index in [1.54, 1.807) is 11.8 Å². The Labute approximate surface area is 198 Å². The average molecular weight is 534 g/mol. The first-order valence-corrected chi connectivity index (χ1v) is 12.0. The number of carbonyl (C=O) groups is 2. The molecule has 0 aliphatic heterocycles. The Balaban J connectivity index is 1.71. The lowest BCUT2D eigenvalue weighted by Gasteiger charge is -2.31. The van der Waals surface area contributed by atoms with E-state index in [1.165, 1.54) is 6.42 Å². The third kappa shape index (κ3) is 6.95. The van der Waals surface area contributed by atoms with Crippen molar-refractivity contribution in [2.45, 2.75) is 64.6 Å². The molecular weight excluding hydrogens is 503 g/mol. The number of benzene rings is 2. The summed E-state index contributed by atoms with van der Waals surface area (Å²) in [6.07, 6.45) is 5.56. The summed E-state index contributed by atoms with van der Waals surface area (Å²) in [5, 5.41) is 3.16. The molecule has 3 rings (SSSR count). The number of nitrogens with zero attached hydrogens (tertiary/aromatic N) is 1. The summed E-state index contributed by atoms with van der Waals surface area (Å²) in [6, 6.07) is 15.2. The van der Waals surface area contributed by atoms with Gasteiger partial charge in [0.2, 0.25) is 5.91 Å². The zero-order valence-corrected chi connectivity index (χ0v) is 20.4. The van der Waals surface area contributed by atoms with Crippen LogP contribution in [0.25, 0.3) is 0 Å². The first-order chi connectivity index (χ1) is 14.9. The predicted octanol–water partition coefficient (Wildman–Crippen LogP) is 4.84. The molecule has 6 heteroatoms. The fourth-order valence-corrected chi connectivity index (χ4v) is 4.24. The lowest BCUT2D eigenvalue weighted by Crippen LogP contribution is -2.51. The van der Waals surface area contributed by atoms with Crippen molar-refractivity contribution >= 4 is 34.4 Å². The Morgan fingerprint density at radius 2 is 1.77 bits per heavy atom. The maximum Gasteiger partial charge on any atom is 0.261 e. The zero-order valence-electron chi connectivity index (χ0n) is 18.3. The summed E-state index contributed by atoms with van der Waals surface area (Å²) in [7, 11) is 0. The summed E-state index contributed by atoms with van der Waals surface area (Å²) >= 11 is 2.23. The van der Waals surface area contributed by atoms with Gasteiger partial charge in [-0.1, -0.05) is 43.5 Å². The van der Waals surface area contributed by atoms with E-state index in [-0.39, 0.29) is 24.5 Å². The molecule has 0 spiro atoms. The number of halogens is 1. The Kier molecular flexibility index (Phi) is 8.75. The molecule has 0 bridgehead atoms. The number of hydrogen-bond acceptors (Lipinski definition) is 3. The quantitative estimate of drug-likeness (QED) is 0.493. The molecule has 2 amide bonds. The van der Waals surface area contributed by atoms with Crippen LogP contribution in [-0.2, 0) is 16.1 Å². The Bertz CT molecular complexity index is 879. The molecular formula is C25H31IN2O3. The summed E-state index contributed by atoms with van der Waals surface area (Å²) in [5.41, 5.74) is 2.13. The second-order valence-electron chi connectivity index (χ2n) is 8.21. The number of amides is 2. The third-order valence-electron chi connectivity index (χ3n) is 5.90. The SMILES string of the molecule is Cc1ccccc1CN(C(=O)COc1ccc(I)cc1)C(C)C(=O)NC1CCCCC1. The topological polar surface area (TPSA) is 58.6 Å². The maximum atomic E-state index is 13.2. The molecule has 1 atom stereocenters. The number of aryl methyl sites for hydroxylation is 1. The van der Waals surface area contributed by atoms with Crippen molar-refractivity contribution in [3.8, 4) is 5.75 Å². The first kappa shape index (κ1) is 23.6. The summed E-state index contributed by atoms with van der Waals surface area (Å²) in [6.45, 7) is 4.10. The molecule has 1 unspecified atom stereocenters. The second-order valence-corrected chi connectivity index (χ2v) is 9.46. The third-order valence-corrected chi connectivity index (χ3v) is 6.62. The molecule has 1 fully saturated rings. The lowest BCUT2D eigenvalue weighted by molar-refractivity contribution is -0.142. The number of rotatable bonds is 8. The smallest absolute Gasteiger partial charge is 0.261 e. The van der Waals surface area contributed by atoms with Crippen molar-refractivity contribution in [1.82, 2.24) is 10.2 Å². The monoisotopic (exact) mass is 534 g/mol. The van der Waals surface area contributed by atoms with E-state index in [9.17, 15) is 9.59 Å². The van der Waals surface area contributed by atoms with E-state index >= 15 is 0 Å². The highest BCUT2D eigenvalue weighted by Gasteiger charge is 2.28. The van der Waals surface area contributed by atoms with Crippen molar-refractivity contribution in [3.63, 3.8) is 0 Å². The van der Waals surface area contributed by atoms with Crippen LogP contribution in [0.1, 0.15) is 50.2 Å². The van der Waals surface area contributed by atoms with Crippen LogP contribution in [0.4, 0.5) is 0 Å². The zero-order chi connectivity index (χ0) is 22.2. The number of carbonyl (C=O) groups excluding carboxylic acids is 2. The van der Waals surface area contributed by atoms with Gasteiger partial charge in [-0.25, -0.2) is 0 Å². The van der Waals surface area contributed by atoms with Crippen molar-refractivity contribution in [3.05, 3.63) is 63.2 Å². The van der Waals surface area contributed by atoms with Crippen molar-refractivity contribution in [2.24, 2.45) is 0 Å².